The number of amides is 1. The van der Waals surface area contributed by atoms with E-state index < -0.39 is 0 Å². The molecule has 0 aromatic heterocycles. The van der Waals surface area contributed by atoms with E-state index in [0.29, 0.717) is 31.2 Å². The average Bonchev–Trinajstić information content (AvgIpc) is 2.36. The monoisotopic (exact) mass is 272 g/mol. The number of halogens is 1. The number of benzene rings is 1. The van der Waals surface area contributed by atoms with Gasteiger partial charge < -0.3 is 15.8 Å². The van der Waals surface area contributed by atoms with Gasteiger partial charge in [0.25, 0.3) is 5.91 Å². The van der Waals surface area contributed by atoms with Crippen LogP contribution in [0.1, 0.15) is 22.8 Å². The Hall–Kier alpha value is -1.10. The maximum atomic E-state index is 11.8. The molecule has 0 aliphatic heterocycles. The molecule has 1 atom stereocenters. The summed E-state index contributed by atoms with van der Waals surface area (Å²) >= 11 is 0. The van der Waals surface area contributed by atoms with Gasteiger partial charge in [0.2, 0.25) is 0 Å². The van der Waals surface area contributed by atoms with E-state index in [2.05, 4.69) is 5.32 Å². The van der Waals surface area contributed by atoms with Crippen molar-refractivity contribution < 1.29 is 9.53 Å². The normalized spacial score (nSPS) is 11.5. The standard InChI is InChI=1S/C13H20N2O2.ClH/c1-10(9-17-2)8-15-13(16)12-5-3-11(7-14)4-6-12;/h3-6,10H,7-9,14H2,1-2H3,(H,15,16);1H. The second-order valence-electron chi connectivity index (χ2n) is 4.17. The van der Waals surface area contributed by atoms with Gasteiger partial charge in [-0.05, 0) is 23.6 Å². The van der Waals surface area contributed by atoms with Gasteiger partial charge in [0, 0.05) is 25.8 Å². The zero-order valence-electron chi connectivity index (χ0n) is 10.8. The largest absolute Gasteiger partial charge is 0.384 e. The van der Waals surface area contributed by atoms with E-state index in [9.17, 15) is 4.79 Å². The Kier molecular flexibility index (Phi) is 8.37. The number of carbonyl (C=O) groups is 1. The van der Waals surface area contributed by atoms with Crippen LogP contribution >= 0.6 is 12.4 Å². The molecular weight excluding hydrogens is 252 g/mol. The summed E-state index contributed by atoms with van der Waals surface area (Å²) in [4.78, 5) is 11.8. The molecule has 0 aliphatic rings. The first-order valence-corrected chi connectivity index (χ1v) is 5.73. The Balaban J connectivity index is 0.00000289. The van der Waals surface area contributed by atoms with E-state index >= 15 is 0 Å². The molecule has 4 nitrogen and oxygen atoms in total. The molecule has 0 saturated carbocycles. The number of methoxy groups -OCH3 is 1. The van der Waals surface area contributed by atoms with Gasteiger partial charge in [-0.3, -0.25) is 4.79 Å². The minimum atomic E-state index is -0.0588. The fourth-order valence-electron chi connectivity index (χ4n) is 1.50. The molecule has 0 radical (unpaired) electrons. The molecule has 0 saturated heterocycles. The summed E-state index contributed by atoms with van der Waals surface area (Å²) < 4.78 is 5.01. The van der Waals surface area contributed by atoms with Crippen LogP contribution < -0.4 is 11.1 Å². The molecule has 102 valence electrons. The Morgan fingerprint density at radius 3 is 2.50 bits per heavy atom. The summed E-state index contributed by atoms with van der Waals surface area (Å²) in [7, 11) is 1.66. The van der Waals surface area contributed by atoms with E-state index in [4.69, 9.17) is 10.5 Å². The number of hydrogen-bond donors (Lipinski definition) is 2. The summed E-state index contributed by atoms with van der Waals surface area (Å²) in [6.45, 7) is 3.78. The first-order valence-electron chi connectivity index (χ1n) is 5.73. The van der Waals surface area contributed by atoms with Gasteiger partial charge >= 0.3 is 0 Å². The smallest absolute Gasteiger partial charge is 0.251 e. The van der Waals surface area contributed by atoms with Crippen molar-refractivity contribution in [2.24, 2.45) is 11.7 Å². The number of nitrogens with two attached hydrogens (primary N) is 1. The number of ether oxygens (including phenoxy) is 1. The Bertz CT molecular complexity index is 355. The number of rotatable bonds is 6. The molecule has 18 heavy (non-hydrogen) atoms. The fraction of sp³-hybridized carbons (Fsp3) is 0.462. The van der Waals surface area contributed by atoms with Crippen LogP contribution in [-0.2, 0) is 11.3 Å². The highest BCUT2D eigenvalue weighted by molar-refractivity contribution is 5.94. The SMILES string of the molecule is COCC(C)CNC(=O)c1ccc(CN)cc1.Cl. The van der Waals surface area contributed by atoms with Crippen LogP contribution in [0.25, 0.3) is 0 Å². The second kappa shape index (κ2) is 8.91. The van der Waals surface area contributed by atoms with Crippen LogP contribution in [0.2, 0.25) is 0 Å². The van der Waals surface area contributed by atoms with Crippen molar-refractivity contribution in [3.8, 4) is 0 Å². The predicted octanol–water partition coefficient (Wildman–Crippen LogP) is 1.58. The van der Waals surface area contributed by atoms with Crippen LogP contribution in [0.4, 0.5) is 0 Å². The third-order valence-electron chi connectivity index (χ3n) is 2.51. The van der Waals surface area contributed by atoms with Gasteiger partial charge in [-0.1, -0.05) is 19.1 Å². The Labute approximate surface area is 114 Å². The summed E-state index contributed by atoms with van der Waals surface area (Å²) in [5, 5.41) is 2.87. The number of hydrogen-bond acceptors (Lipinski definition) is 3. The molecule has 0 fully saturated rings. The number of carbonyl (C=O) groups excluding carboxylic acids is 1. The van der Waals surface area contributed by atoms with Crippen LogP contribution in [0.3, 0.4) is 0 Å². The molecule has 1 aromatic rings. The summed E-state index contributed by atoms with van der Waals surface area (Å²) in [6, 6.07) is 7.32. The predicted molar refractivity (Wildman–Crippen MR) is 75.0 cm³/mol. The molecule has 3 N–H and O–H groups in total. The van der Waals surface area contributed by atoms with Gasteiger partial charge in [-0.2, -0.15) is 0 Å². The van der Waals surface area contributed by atoms with Gasteiger partial charge in [0.15, 0.2) is 0 Å². The zero-order chi connectivity index (χ0) is 12.7. The minimum absolute atomic E-state index is 0. The van der Waals surface area contributed by atoms with Crippen LogP contribution in [-0.4, -0.2) is 26.2 Å². The summed E-state index contributed by atoms with van der Waals surface area (Å²) in [5.74, 6) is 0.254. The molecule has 1 unspecified atom stereocenters. The number of nitrogens with one attached hydrogen (secondary N) is 1. The van der Waals surface area contributed by atoms with E-state index in [1.807, 2.05) is 19.1 Å². The van der Waals surface area contributed by atoms with Crippen LogP contribution in [0.15, 0.2) is 24.3 Å². The van der Waals surface area contributed by atoms with Crippen molar-refractivity contribution in [3.05, 3.63) is 35.4 Å². The average molecular weight is 273 g/mol. The van der Waals surface area contributed by atoms with Gasteiger partial charge in [-0.15, -0.1) is 12.4 Å². The lowest BCUT2D eigenvalue weighted by Gasteiger charge is -2.11. The molecule has 0 heterocycles. The van der Waals surface area contributed by atoms with Crippen molar-refractivity contribution in [2.45, 2.75) is 13.5 Å². The maximum absolute atomic E-state index is 11.8. The van der Waals surface area contributed by atoms with E-state index in [1.165, 1.54) is 0 Å². The molecule has 0 bridgehead atoms. The van der Waals surface area contributed by atoms with Crippen LogP contribution in [0, 0.1) is 5.92 Å². The topological polar surface area (TPSA) is 64.3 Å². The summed E-state index contributed by atoms with van der Waals surface area (Å²) in [6.07, 6.45) is 0. The first-order chi connectivity index (χ1) is 8.17. The molecule has 1 aromatic carbocycles. The Morgan fingerprint density at radius 2 is 2.00 bits per heavy atom. The third-order valence-corrected chi connectivity index (χ3v) is 2.51. The van der Waals surface area contributed by atoms with E-state index in [0.717, 1.165) is 5.56 Å². The molecule has 1 rings (SSSR count). The molecular formula is C13H21ClN2O2. The van der Waals surface area contributed by atoms with E-state index in [-0.39, 0.29) is 18.3 Å². The molecule has 1 amide bonds. The minimum Gasteiger partial charge on any atom is -0.384 e. The van der Waals surface area contributed by atoms with E-state index in [1.54, 1.807) is 19.2 Å². The van der Waals surface area contributed by atoms with Gasteiger partial charge in [-0.25, -0.2) is 0 Å². The van der Waals surface area contributed by atoms with Crippen molar-refractivity contribution in [1.29, 1.82) is 0 Å². The lowest BCUT2D eigenvalue weighted by molar-refractivity contribution is 0.0934. The molecule has 0 spiro atoms. The first kappa shape index (κ1) is 16.9. The van der Waals surface area contributed by atoms with Crippen LogP contribution in [0.5, 0.6) is 0 Å². The van der Waals surface area contributed by atoms with Gasteiger partial charge in [0.1, 0.15) is 0 Å². The molecule has 0 aliphatic carbocycles. The van der Waals surface area contributed by atoms with Gasteiger partial charge in [0.05, 0.1) is 6.61 Å². The van der Waals surface area contributed by atoms with Crippen molar-refractivity contribution in [3.63, 3.8) is 0 Å². The highest BCUT2D eigenvalue weighted by Gasteiger charge is 2.07. The Morgan fingerprint density at radius 1 is 1.39 bits per heavy atom. The lowest BCUT2D eigenvalue weighted by Crippen LogP contribution is -2.29. The van der Waals surface area contributed by atoms with Crippen molar-refractivity contribution in [2.75, 3.05) is 20.3 Å². The quantitative estimate of drug-likeness (QED) is 0.826. The maximum Gasteiger partial charge on any atom is 0.251 e. The highest BCUT2D eigenvalue weighted by Crippen LogP contribution is 2.04. The highest BCUT2D eigenvalue weighted by atomic mass is 35.5. The lowest BCUT2D eigenvalue weighted by atomic mass is 10.1. The second-order valence-corrected chi connectivity index (χ2v) is 4.17. The third kappa shape index (κ3) is 5.49. The summed E-state index contributed by atoms with van der Waals surface area (Å²) in [5.41, 5.74) is 7.17. The van der Waals surface area contributed by atoms with Crippen molar-refractivity contribution in [1.82, 2.24) is 5.32 Å². The molecule has 5 heteroatoms. The zero-order valence-corrected chi connectivity index (χ0v) is 11.6. The fourth-order valence-corrected chi connectivity index (χ4v) is 1.50. The van der Waals surface area contributed by atoms with Crippen molar-refractivity contribution >= 4 is 18.3 Å².